The van der Waals surface area contributed by atoms with E-state index in [9.17, 15) is 14.4 Å². The van der Waals surface area contributed by atoms with E-state index in [1.807, 2.05) is 0 Å². The Hall–Kier alpha value is -1.63. The van der Waals surface area contributed by atoms with Gasteiger partial charge in [-0.1, -0.05) is 13.5 Å². The van der Waals surface area contributed by atoms with Crippen molar-refractivity contribution in [1.82, 2.24) is 0 Å². The monoisotopic (exact) mass is 274 g/mol. The number of rotatable bonds is 6. The summed E-state index contributed by atoms with van der Waals surface area (Å²) in [7, 11) is -2.86. The molecule has 102 valence electrons. The van der Waals surface area contributed by atoms with Crippen molar-refractivity contribution in [3.05, 3.63) is 12.2 Å². The molecule has 0 aliphatic rings. The number of carbonyl (C=O) groups excluding carboxylic acids is 3. The summed E-state index contributed by atoms with van der Waals surface area (Å²) < 4.78 is 14.7. The van der Waals surface area contributed by atoms with Crippen LogP contribution in [-0.4, -0.2) is 33.1 Å². The second-order valence-corrected chi connectivity index (χ2v) is 7.29. The lowest BCUT2D eigenvalue weighted by molar-refractivity contribution is -0.153. The summed E-state index contributed by atoms with van der Waals surface area (Å²) in [6.07, 6.45) is 0. The van der Waals surface area contributed by atoms with Crippen LogP contribution in [0.5, 0.6) is 0 Å². The quantitative estimate of drug-likeness (QED) is 0.413. The molecule has 1 unspecified atom stereocenters. The van der Waals surface area contributed by atoms with Gasteiger partial charge in [0.15, 0.2) is 6.61 Å². The van der Waals surface area contributed by atoms with Gasteiger partial charge in [-0.05, 0) is 6.92 Å². The largest absolute Gasteiger partial charge is 0.485 e. The van der Waals surface area contributed by atoms with Crippen LogP contribution in [0.1, 0.15) is 20.8 Å². The summed E-state index contributed by atoms with van der Waals surface area (Å²) in [6.45, 7) is 8.92. The van der Waals surface area contributed by atoms with Crippen LogP contribution >= 0.6 is 0 Å². The second kappa shape index (κ2) is 6.95. The summed E-state index contributed by atoms with van der Waals surface area (Å²) in [5.41, 5.74) is 0.193. The van der Waals surface area contributed by atoms with E-state index in [1.165, 1.54) is 13.8 Å². The first-order valence-electron chi connectivity index (χ1n) is 5.44. The molecule has 0 bridgehead atoms. The van der Waals surface area contributed by atoms with Crippen LogP contribution < -0.4 is 0 Å². The normalized spacial score (nSPS) is 13.1. The highest BCUT2D eigenvalue weighted by molar-refractivity contribution is 6.69. The van der Waals surface area contributed by atoms with Crippen molar-refractivity contribution < 1.29 is 28.0 Å². The predicted molar refractivity (Wildman–Crippen MR) is 65.7 cm³/mol. The van der Waals surface area contributed by atoms with Gasteiger partial charge in [-0.3, -0.25) is 4.79 Å². The fourth-order valence-corrected chi connectivity index (χ4v) is 2.47. The van der Waals surface area contributed by atoms with E-state index in [-0.39, 0.29) is 5.57 Å². The Morgan fingerprint density at radius 1 is 1.17 bits per heavy atom. The molecule has 0 aliphatic heterocycles. The Morgan fingerprint density at radius 2 is 1.72 bits per heavy atom. The summed E-state index contributed by atoms with van der Waals surface area (Å²) in [5.74, 6) is -1.90. The van der Waals surface area contributed by atoms with Crippen LogP contribution in [0.4, 0.5) is 0 Å². The number of hydrogen-bond acceptors (Lipinski definition) is 6. The molecule has 0 heterocycles. The Labute approximate surface area is 107 Å². The van der Waals surface area contributed by atoms with Crippen LogP contribution in [0.2, 0.25) is 12.6 Å². The van der Waals surface area contributed by atoms with Gasteiger partial charge in [-0.25, -0.2) is 9.59 Å². The SMILES string of the molecule is C=C(C)C(=O)OCC(=O)O[Si](C)(CC)OC(C)=O. The summed E-state index contributed by atoms with van der Waals surface area (Å²) in [6, 6.07) is 0.423. The van der Waals surface area contributed by atoms with E-state index in [1.54, 1.807) is 13.5 Å². The lowest BCUT2D eigenvalue weighted by Crippen LogP contribution is -2.42. The highest BCUT2D eigenvalue weighted by Gasteiger charge is 2.36. The van der Waals surface area contributed by atoms with Gasteiger partial charge in [-0.15, -0.1) is 0 Å². The van der Waals surface area contributed by atoms with E-state index in [0.29, 0.717) is 6.04 Å². The van der Waals surface area contributed by atoms with Gasteiger partial charge in [-0.2, -0.15) is 0 Å². The first kappa shape index (κ1) is 16.4. The van der Waals surface area contributed by atoms with Crippen molar-refractivity contribution in [1.29, 1.82) is 0 Å². The zero-order chi connectivity index (χ0) is 14.3. The molecule has 0 aromatic rings. The van der Waals surface area contributed by atoms with E-state index in [0.717, 1.165) is 0 Å². The number of hydrogen-bond donors (Lipinski definition) is 0. The van der Waals surface area contributed by atoms with Crippen LogP contribution in [0, 0.1) is 0 Å². The average molecular weight is 274 g/mol. The van der Waals surface area contributed by atoms with Crippen molar-refractivity contribution in [2.24, 2.45) is 0 Å². The van der Waals surface area contributed by atoms with Crippen molar-refractivity contribution in [3.8, 4) is 0 Å². The van der Waals surface area contributed by atoms with Gasteiger partial charge in [0, 0.05) is 25.1 Å². The molecule has 6 nitrogen and oxygen atoms in total. The average Bonchev–Trinajstić information content (AvgIpc) is 2.24. The Bertz CT molecular complexity index is 365. The number of esters is 1. The Morgan fingerprint density at radius 3 is 2.11 bits per heavy atom. The number of carbonyl (C=O) groups is 3. The zero-order valence-electron chi connectivity index (χ0n) is 11.1. The van der Waals surface area contributed by atoms with Gasteiger partial charge in [0.2, 0.25) is 0 Å². The molecule has 0 amide bonds. The molecule has 0 aliphatic carbocycles. The molecule has 0 radical (unpaired) electrons. The fraction of sp³-hybridized carbons (Fsp3) is 0.545. The molecule has 0 fully saturated rings. The fourth-order valence-electron chi connectivity index (χ4n) is 0.987. The maximum Gasteiger partial charge on any atom is 0.460 e. The highest BCUT2D eigenvalue weighted by atomic mass is 28.4. The standard InChI is InChI=1S/C11H18O6Si/c1-6-18(5,16-9(4)12)17-10(13)7-15-11(14)8(2)3/h2,6-7H2,1,3-5H3. The van der Waals surface area contributed by atoms with Crippen LogP contribution in [-0.2, 0) is 28.0 Å². The maximum absolute atomic E-state index is 11.4. The molecule has 0 aromatic heterocycles. The summed E-state index contributed by atoms with van der Waals surface area (Å²) >= 11 is 0. The third-order valence-corrected chi connectivity index (χ3v) is 4.66. The van der Waals surface area contributed by atoms with Crippen molar-refractivity contribution >= 4 is 26.5 Å². The van der Waals surface area contributed by atoms with Gasteiger partial charge in [0.05, 0.1) is 0 Å². The predicted octanol–water partition coefficient (Wildman–Crippen LogP) is 1.30. The lowest BCUT2D eigenvalue weighted by Gasteiger charge is -2.23. The summed E-state index contributed by atoms with van der Waals surface area (Å²) in [5, 5.41) is 0. The van der Waals surface area contributed by atoms with Crippen LogP contribution in [0.3, 0.4) is 0 Å². The van der Waals surface area contributed by atoms with Gasteiger partial charge >= 0.3 is 20.5 Å². The maximum atomic E-state index is 11.4. The second-order valence-electron chi connectivity index (χ2n) is 3.91. The Balaban J connectivity index is 4.32. The molecule has 0 aromatic carbocycles. The molecule has 0 rings (SSSR count). The third-order valence-electron chi connectivity index (χ3n) is 2.00. The minimum atomic E-state index is -2.86. The van der Waals surface area contributed by atoms with E-state index < -0.39 is 33.1 Å². The first-order chi connectivity index (χ1) is 8.20. The molecule has 0 saturated heterocycles. The minimum Gasteiger partial charge on any atom is -0.485 e. The molecule has 0 saturated carbocycles. The lowest BCUT2D eigenvalue weighted by atomic mass is 10.4. The van der Waals surface area contributed by atoms with Crippen molar-refractivity contribution in [2.75, 3.05) is 6.61 Å². The van der Waals surface area contributed by atoms with Crippen LogP contribution in [0.15, 0.2) is 12.2 Å². The van der Waals surface area contributed by atoms with Crippen molar-refractivity contribution in [2.45, 2.75) is 33.4 Å². The van der Waals surface area contributed by atoms with Crippen molar-refractivity contribution in [3.63, 3.8) is 0 Å². The Kier molecular flexibility index (Phi) is 6.32. The highest BCUT2D eigenvalue weighted by Crippen LogP contribution is 2.13. The smallest absolute Gasteiger partial charge is 0.460 e. The van der Waals surface area contributed by atoms with Gasteiger partial charge < -0.3 is 13.6 Å². The number of ether oxygens (including phenoxy) is 1. The molecule has 1 atom stereocenters. The van der Waals surface area contributed by atoms with E-state index in [4.69, 9.17) is 8.85 Å². The zero-order valence-corrected chi connectivity index (χ0v) is 12.1. The molecule has 0 spiro atoms. The van der Waals surface area contributed by atoms with Gasteiger partial charge in [0.1, 0.15) is 0 Å². The molecular formula is C11H18O6Si. The first-order valence-corrected chi connectivity index (χ1v) is 7.96. The molecule has 7 heteroatoms. The van der Waals surface area contributed by atoms with Gasteiger partial charge in [0.25, 0.3) is 5.97 Å². The summed E-state index contributed by atoms with van der Waals surface area (Å²) in [4.78, 5) is 33.4. The molecule has 18 heavy (non-hydrogen) atoms. The molecular weight excluding hydrogens is 256 g/mol. The van der Waals surface area contributed by atoms with E-state index in [2.05, 4.69) is 11.3 Å². The van der Waals surface area contributed by atoms with Crippen LogP contribution in [0.25, 0.3) is 0 Å². The van der Waals surface area contributed by atoms with E-state index >= 15 is 0 Å². The topological polar surface area (TPSA) is 78.9 Å². The minimum absolute atomic E-state index is 0.193. The third kappa shape index (κ3) is 6.19. The molecule has 0 N–H and O–H groups in total.